The van der Waals surface area contributed by atoms with Gasteiger partial charge in [-0.1, -0.05) is 24.6 Å². The SMILES string of the molecule is COCCN1CCCCC(N)C1c1ccc(C)c(C)c1. The largest absolute Gasteiger partial charge is 0.383 e. The van der Waals surface area contributed by atoms with Gasteiger partial charge < -0.3 is 10.5 Å². The molecule has 2 rings (SSSR count). The summed E-state index contributed by atoms with van der Waals surface area (Å²) >= 11 is 0. The second-order valence-corrected chi connectivity index (χ2v) is 5.98. The van der Waals surface area contributed by atoms with E-state index in [-0.39, 0.29) is 6.04 Å². The van der Waals surface area contributed by atoms with E-state index in [0.29, 0.717) is 6.04 Å². The molecule has 2 N–H and O–H groups in total. The number of aryl methyl sites for hydroxylation is 2. The summed E-state index contributed by atoms with van der Waals surface area (Å²) in [5, 5.41) is 0. The van der Waals surface area contributed by atoms with Crippen LogP contribution in [0.15, 0.2) is 18.2 Å². The monoisotopic (exact) mass is 276 g/mol. The predicted molar refractivity (Wildman–Crippen MR) is 83.9 cm³/mol. The standard InChI is InChI=1S/C17H28N2O/c1-13-7-8-15(12-14(13)2)17-16(18)6-4-5-9-19(17)10-11-20-3/h7-8,12,16-17H,4-6,9-11,18H2,1-3H3. The molecule has 1 fully saturated rings. The van der Waals surface area contributed by atoms with Gasteiger partial charge in [-0.05, 0) is 49.9 Å². The van der Waals surface area contributed by atoms with Gasteiger partial charge in [0.25, 0.3) is 0 Å². The summed E-state index contributed by atoms with van der Waals surface area (Å²) in [5.41, 5.74) is 10.5. The van der Waals surface area contributed by atoms with Crippen LogP contribution in [0.2, 0.25) is 0 Å². The maximum absolute atomic E-state index is 6.48. The van der Waals surface area contributed by atoms with Crippen molar-refractivity contribution in [2.24, 2.45) is 5.73 Å². The van der Waals surface area contributed by atoms with Crippen molar-refractivity contribution in [3.8, 4) is 0 Å². The molecule has 0 bridgehead atoms. The van der Waals surface area contributed by atoms with Crippen molar-refractivity contribution >= 4 is 0 Å². The van der Waals surface area contributed by atoms with Gasteiger partial charge in [-0.3, -0.25) is 4.90 Å². The van der Waals surface area contributed by atoms with Gasteiger partial charge in [0.15, 0.2) is 0 Å². The van der Waals surface area contributed by atoms with Crippen LogP contribution in [-0.2, 0) is 4.74 Å². The third kappa shape index (κ3) is 3.60. The summed E-state index contributed by atoms with van der Waals surface area (Å²) < 4.78 is 5.27. The zero-order valence-corrected chi connectivity index (χ0v) is 13.1. The Bertz CT molecular complexity index is 433. The van der Waals surface area contributed by atoms with Crippen LogP contribution in [0.25, 0.3) is 0 Å². The fourth-order valence-electron chi connectivity index (χ4n) is 3.13. The molecular weight excluding hydrogens is 248 g/mol. The van der Waals surface area contributed by atoms with Gasteiger partial charge in [0.05, 0.1) is 6.61 Å². The lowest BCUT2D eigenvalue weighted by Gasteiger charge is -2.34. The van der Waals surface area contributed by atoms with Gasteiger partial charge in [0.2, 0.25) is 0 Å². The van der Waals surface area contributed by atoms with Crippen LogP contribution >= 0.6 is 0 Å². The maximum atomic E-state index is 6.48. The molecule has 3 nitrogen and oxygen atoms in total. The first kappa shape index (κ1) is 15.5. The Labute approximate surface area is 123 Å². The molecule has 0 amide bonds. The van der Waals surface area contributed by atoms with Crippen LogP contribution in [0, 0.1) is 13.8 Å². The van der Waals surface area contributed by atoms with E-state index in [1.807, 2.05) is 0 Å². The second kappa shape index (κ2) is 7.21. The zero-order chi connectivity index (χ0) is 14.5. The quantitative estimate of drug-likeness (QED) is 0.919. The van der Waals surface area contributed by atoms with Gasteiger partial charge in [-0.15, -0.1) is 0 Å². The Balaban J connectivity index is 2.26. The molecule has 3 heteroatoms. The van der Waals surface area contributed by atoms with Crippen molar-refractivity contribution in [2.45, 2.75) is 45.2 Å². The summed E-state index contributed by atoms with van der Waals surface area (Å²) in [4.78, 5) is 2.51. The number of nitrogens with two attached hydrogens (primary N) is 1. The predicted octanol–water partition coefficient (Wildman–Crippen LogP) is 2.80. The van der Waals surface area contributed by atoms with E-state index in [2.05, 4.69) is 36.9 Å². The fourth-order valence-corrected chi connectivity index (χ4v) is 3.13. The maximum Gasteiger partial charge on any atom is 0.0589 e. The van der Waals surface area contributed by atoms with Crippen molar-refractivity contribution in [3.63, 3.8) is 0 Å². The highest BCUT2D eigenvalue weighted by molar-refractivity contribution is 5.32. The molecule has 1 aromatic carbocycles. The average molecular weight is 276 g/mol. The first-order valence-corrected chi connectivity index (χ1v) is 7.69. The van der Waals surface area contributed by atoms with Crippen LogP contribution in [0.4, 0.5) is 0 Å². The molecular formula is C17H28N2O. The Hall–Kier alpha value is -0.900. The third-order valence-electron chi connectivity index (χ3n) is 4.49. The Kier molecular flexibility index (Phi) is 5.58. The van der Waals surface area contributed by atoms with Crippen LogP contribution in [0.5, 0.6) is 0 Å². The van der Waals surface area contributed by atoms with Crippen molar-refractivity contribution < 1.29 is 4.74 Å². The minimum absolute atomic E-state index is 0.219. The number of ether oxygens (including phenoxy) is 1. The molecule has 1 heterocycles. The topological polar surface area (TPSA) is 38.5 Å². The summed E-state index contributed by atoms with van der Waals surface area (Å²) in [7, 11) is 1.77. The lowest BCUT2D eigenvalue weighted by molar-refractivity contribution is 0.115. The smallest absolute Gasteiger partial charge is 0.0589 e. The normalized spacial score (nSPS) is 24.6. The van der Waals surface area contributed by atoms with Crippen molar-refractivity contribution in [1.82, 2.24) is 4.90 Å². The molecule has 0 spiro atoms. The van der Waals surface area contributed by atoms with E-state index in [0.717, 1.165) is 26.1 Å². The number of hydrogen-bond donors (Lipinski definition) is 1. The molecule has 20 heavy (non-hydrogen) atoms. The summed E-state index contributed by atoms with van der Waals surface area (Å²) in [5.74, 6) is 0. The molecule has 0 saturated carbocycles. The van der Waals surface area contributed by atoms with E-state index >= 15 is 0 Å². The highest BCUT2D eigenvalue weighted by atomic mass is 16.5. The molecule has 2 atom stereocenters. The zero-order valence-electron chi connectivity index (χ0n) is 13.1. The van der Waals surface area contributed by atoms with Crippen LogP contribution in [-0.4, -0.2) is 37.7 Å². The third-order valence-corrected chi connectivity index (χ3v) is 4.49. The van der Waals surface area contributed by atoms with E-state index in [1.54, 1.807) is 7.11 Å². The number of hydrogen-bond acceptors (Lipinski definition) is 3. The number of nitrogens with zero attached hydrogens (tertiary/aromatic N) is 1. The first-order valence-electron chi connectivity index (χ1n) is 7.69. The molecule has 1 saturated heterocycles. The van der Waals surface area contributed by atoms with Crippen molar-refractivity contribution in [3.05, 3.63) is 34.9 Å². The Morgan fingerprint density at radius 1 is 1.25 bits per heavy atom. The highest BCUT2D eigenvalue weighted by Gasteiger charge is 2.28. The number of benzene rings is 1. The van der Waals surface area contributed by atoms with Crippen LogP contribution < -0.4 is 5.73 Å². The number of likely N-dealkylation sites (tertiary alicyclic amines) is 1. The Morgan fingerprint density at radius 2 is 2.05 bits per heavy atom. The summed E-state index contributed by atoms with van der Waals surface area (Å²) in [6.07, 6.45) is 3.58. The number of rotatable bonds is 4. The van der Waals surface area contributed by atoms with E-state index in [9.17, 15) is 0 Å². The molecule has 0 aliphatic carbocycles. The van der Waals surface area contributed by atoms with Gasteiger partial charge >= 0.3 is 0 Å². The molecule has 1 aliphatic rings. The van der Waals surface area contributed by atoms with E-state index in [1.165, 1.54) is 29.5 Å². The minimum Gasteiger partial charge on any atom is -0.383 e. The van der Waals surface area contributed by atoms with Crippen LogP contribution in [0.3, 0.4) is 0 Å². The van der Waals surface area contributed by atoms with Gasteiger partial charge in [0, 0.05) is 25.7 Å². The fraction of sp³-hybridized carbons (Fsp3) is 0.647. The van der Waals surface area contributed by atoms with Gasteiger partial charge in [-0.25, -0.2) is 0 Å². The molecule has 0 radical (unpaired) electrons. The molecule has 112 valence electrons. The van der Waals surface area contributed by atoms with Crippen molar-refractivity contribution in [1.29, 1.82) is 0 Å². The summed E-state index contributed by atoms with van der Waals surface area (Å²) in [6, 6.07) is 7.32. The van der Waals surface area contributed by atoms with Gasteiger partial charge in [-0.2, -0.15) is 0 Å². The minimum atomic E-state index is 0.219. The molecule has 0 aromatic heterocycles. The van der Waals surface area contributed by atoms with Crippen molar-refractivity contribution in [2.75, 3.05) is 26.8 Å². The molecule has 1 aromatic rings. The van der Waals surface area contributed by atoms with Gasteiger partial charge in [0.1, 0.15) is 0 Å². The molecule has 1 aliphatic heterocycles. The summed E-state index contributed by atoms with van der Waals surface area (Å²) in [6.45, 7) is 7.19. The van der Waals surface area contributed by atoms with E-state index < -0.39 is 0 Å². The highest BCUT2D eigenvalue weighted by Crippen LogP contribution is 2.30. The Morgan fingerprint density at radius 3 is 2.75 bits per heavy atom. The number of methoxy groups -OCH3 is 1. The second-order valence-electron chi connectivity index (χ2n) is 5.98. The van der Waals surface area contributed by atoms with E-state index in [4.69, 9.17) is 10.5 Å². The average Bonchev–Trinajstić information content (AvgIpc) is 2.61. The van der Waals surface area contributed by atoms with Crippen LogP contribution in [0.1, 0.15) is 42.0 Å². The molecule has 2 unspecified atom stereocenters. The first-order chi connectivity index (χ1) is 9.63. The lowest BCUT2D eigenvalue weighted by Crippen LogP contribution is -2.41. The lowest BCUT2D eigenvalue weighted by atomic mass is 9.94.